The van der Waals surface area contributed by atoms with Gasteiger partial charge >= 0.3 is 0 Å². The minimum atomic E-state index is -0.851. The molecular weight excluding hydrogens is 924 g/mol. The van der Waals surface area contributed by atoms with Gasteiger partial charge in [0.1, 0.15) is 30.6 Å². The van der Waals surface area contributed by atoms with Crippen LogP contribution in [0.1, 0.15) is 121 Å². The summed E-state index contributed by atoms with van der Waals surface area (Å²) >= 11 is 7.85. The average Bonchev–Trinajstić information content (AvgIpc) is 3.95. The number of aliphatic hydroxyl groups excluding tert-OH is 1. The summed E-state index contributed by atoms with van der Waals surface area (Å²) in [7, 11) is 0. The van der Waals surface area contributed by atoms with E-state index in [1.807, 2.05) is 88.7 Å². The van der Waals surface area contributed by atoms with Gasteiger partial charge in [-0.2, -0.15) is 5.26 Å². The Balaban J connectivity index is 0.831. The minimum absolute atomic E-state index is 0.0207. The molecule has 3 fully saturated rings. The third kappa shape index (κ3) is 11.7. The van der Waals surface area contributed by atoms with Gasteiger partial charge in [0.25, 0.3) is 5.91 Å². The second-order valence-electron chi connectivity index (χ2n) is 21.8. The molecule has 0 radical (unpaired) electrons. The van der Waals surface area contributed by atoms with Gasteiger partial charge < -0.3 is 35.0 Å². The molecule has 2 saturated heterocycles. The summed E-state index contributed by atoms with van der Waals surface area (Å²) in [4.78, 5) is 64.1. The Morgan fingerprint density at radius 1 is 1.00 bits per heavy atom. The fourth-order valence-corrected chi connectivity index (χ4v) is 12.0. The van der Waals surface area contributed by atoms with Crippen molar-refractivity contribution in [3.63, 3.8) is 0 Å². The number of thiazole rings is 1. The number of Topliss-reactive ketones (excluding diaryl/α,β-unsaturated/α-hetero) is 1. The highest BCUT2D eigenvalue weighted by molar-refractivity contribution is 7.13. The second-order valence-corrected chi connectivity index (χ2v) is 23.1. The summed E-state index contributed by atoms with van der Waals surface area (Å²) in [6, 6.07) is 21.6. The van der Waals surface area contributed by atoms with Crippen LogP contribution in [-0.4, -0.2) is 95.6 Å². The van der Waals surface area contributed by atoms with Crippen molar-refractivity contribution in [2.24, 2.45) is 28.1 Å². The van der Waals surface area contributed by atoms with Gasteiger partial charge in [-0.1, -0.05) is 84.3 Å². The summed E-state index contributed by atoms with van der Waals surface area (Å²) in [6.45, 7) is 20.1. The van der Waals surface area contributed by atoms with Gasteiger partial charge in [-0.3, -0.25) is 19.2 Å². The van der Waals surface area contributed by atoms with E-state index in [-0.39, 0.29) is 78.5 Å². The maximum absolute atomic E-state index is 14.2. The SMILES string of the molecule is Cc1ncsc1-c1ccc([C@H](C)NC(=O)[C@@H]2C[C@@H](O)CN2C(=O)[C@@H](CC(=O)COCCC2CCN(c3ccc(C(=O)N[C@H]4C(C)(C)[C@H](Oc5ccc(C#N)c(Cl)c5)C4(C)C)cc3)CC2)C(C)(C)C)cc1. The lowest BCUT2D eigenvalue weighted by atomic mass is 9.49. The van der Waals surface area contributed by atoms with Gasteiger partial charge in [-0.15, -0.1) is 11.3 Å². The molecule has 3 aromatic carbocycles. The largest absolute Gasteiger partial charge is 0.489 e. The van der Waals surface area contributed by atoms with E-state index in [9.17, 15) is 29.5 Å². The molecule has 4 atom stereocenters. The number of nitriles is 1. The molecule has 1 aliphatic carbocycles. The number of aryl methyl sites for hydroxylation is 1. The number of likely N-dealkylation sites (tertiary alicyclic amines) is 1. The van der Waals surface area contributed by atoms with Gasteiger partial charge in [0.05, 0.1) is 38.8 Å². The van der Waals surface area contributed by atoms with Crippen LogP contribution < -0.4 is 20.3 Å². The monoisotopic (exact) mass is 992 g/mol. The van der Waals surface area contributed by atoms with Gasteiger partial charge in [0, 0.05) is 79.2 Å². The number of carbonyl (C=O) groups excluding carboxylic acids is 4. The van der Waals surface area contributed by atoms with E-state index in [2.05, 4.69) is 54.3 Å². The molecule has 3 heterocycles. The Bertz CT molecular complexity index is 2540. The zero-order chi connectivity index (χ0) is 50.7. The van der Waals surface area contributed by atoms with Gasteiger partial charge in [0.2, 0.25) is 11.8 Å². The molecule has 4 aromatic rings. The number of benzene rings is 3. The number of hydrogen-bond donors (Lipinski definition) is 3. The molecule has 3 aliphatic rings. The average molecular weight is 994 g/mol. The summed E-state index contributed by atoms with van der Waals surface area (Å²) in [5.41, 5.74) is 5.49. The molecule has 2 aliphatic heterocycles. The number of aromatic nitrogens is 1. The summed E-state index contributed by atoms with van der Waals surface area (Å²) < 4.78 is 12.3. The van der Waals surface area contributed by atoms with E-state index in [0.29, 0.717) is 34.4 Å². The number of hydrogen-bond acceptors (Lipinski definition) is 11. The van der Waals surface area contributed by atoms with Crippen LogP contribution in [0.2, 0.25) is 5.02 Å². The topological polar surface area (TPSA) is 174 Å². The first kappa shape index (κ1) is 52.5. The highest BCUT2D eigenvalue weighted by Gasteiger charge is 2.64. The van der Waals surface area contributed by atoms with Crippen molar-refractivity contribution in [1.29, 1.82) is 5.26 Å². The number of amides is 3. The molecule has 374 valence electrons. The van der Waals surface area contributed by atoms with E-state index in [1.54, 1.807) is 29.5 Å². The fraction of sp³-hybridized carbons (Fsp3) is 0.527. The molecule has 1 aromatic heterocycles. The van der Waals surface area contributed by atoms with Crippen LogP contribution >= 0.6 is 22.9 Å². The highest BCUT2D eigenvalue weighted by Crippen LogP contribution is 2.55. The third-order valence-corrected chi connectivity index (χ3v) is 16.2. The smallest absolute Gasteiger partial charge is 0.251 e. The number of nitrogens with one attached hydrogen (secondary N) is 2. The quantitative estimate of drug-likeness (QED) is 0.0866. The van der Waals surface area contributed by atoms with Crippen molar-refractivity contribution in [1.82, 2.24) is 20.5 Å². The highest BCUT2D eigenvalue weighted by atomic mass is 35.5. The fourth-order valence-electron chi connectivity index (χ4n) is 11.0. The normalized spacial score (nSPS) is 21.8. The Labute approximate surface area is 422 Å². The van der Waals surface area contributed by atoms with Crippen LogP contribution in [0.4, 0.5) is 5.69 Å². The number of ether oxygens (including phenoxy) is 2. The van der Waals surface area contributed by atoms with Crippen molar-refractivity contribution < 1.29 is 33.8 Å². The summed E-state index contributed by atoms with van der Waals surface area (Å²) in [5.74, 6) is -0.624. The van der Waals surface area contributed by atoms with Crippen molar-refractivity contribution in [3.8, 4) is 22.3 Å². The number of anilines is 1. The van der Waals surface area contributed by atoms with Crippen LogP contribution in [-0.2, 0) is 19.1 Å². The second kappa shape index (κ2) is 21.6. The van der Waals surface area contributed by atoms with Crippen molar-refractivity contribution in [2.75, 3.05) is 37.7 Å². The van der Waals surface area contributed by atoms with Crippen molar-refractivity contribution in [3.05, 3.63) is 99.6 Å². The Hall–Kier alpha value is -5.33. The number of β-amino-alcohol motifs (C(OH)–C–C–N with tert-alkyl or cyclic N) is 1. The molecule has 70 heavy (non-hydrogen) atoms. The third-order valence-electron chi connectivity index (χ3n) is 14.9. The predicted octanol–water partition coefficient (Wildman–Crippen LogP) is 9.34. The molecular formula is C55H69ClN6O7S. The molecule has 0 bridgehead atoms. The number of rotatable bonds is 17. The predicted molar refractivity (Wildman–Crippen MR) is 274 cm³/mol. The van der Waals surface area contributed by atoms with Crippen molar-refractivity contribution >= 4 is 52.1 Å². The lowest BCUT2D eigenvalue weighted by molar-refractivity contribution is -0.164. The number of halogens is 1. The van der Waals surface area contributed by atoms with Gasteiger partial charge in [-0.05, 0) is 92.0 Å². The first-order valence-electron chi connectivity index (χ1n) is 24.5. The molecule has 0 unspecified atom stereocenters. The van der Waals surface area contributed by atoms with Crippen LogP contribution in [0.3, 0.4) is 0 Å². The molecule has 3 N–H and O–H groups in total. The Kier molecular flexibility index (Phi) is 16.2. The molecule has 13 nitrogen and oxygen atoms in total. The van der Waals surface area contributed by atoms with Crippen LogP contribution in [0.15, 0.2) is 72.2 Å². The molecule has 7 rings (SSSR count). The van der Waals surface area contributed by atoms with Crippen LogP contribution in [0.25, 0.3) is 10.4 Å². The van der Waals surface area contributed by atoms with E-state index in [0.717, 1.165) is 59.7 Å². The molecule has 1 saturated carbocycles. The first-order chi connectivity index (χ1) is 33.1. The van der Waals surface area contributed by atoms with E-state index < -0.39 is 23.5 Å². The van der Waals surface area contributed by atoms with E-state index in [4.69, 9.17) is 21.1 Å². The molecule has 15 heteroatoms. The number of carbonyl (C=O) groups is 4. The van der Waals surface area contributed by atoms with E-state index in [1.165, 1.54) is 4.90 Å². The lowest BCUT2D eigenvalue weighted by Gasteiger charge is -2.63. The Morgan fingerprint density at radius 3 is 2.27 bits per heavy atom. The molecule has 0 spiro atoms. The maximum Gasteiger partial charge on any atom is 0.251 e. The number of nitrogens with zero attached hydrogens (tertiary/aromatic N) is 4. The van der Waals surface area contributed by atoms with Crippen molar-refractivity contribution in [2.45, 2.75) is 125 Å². The van der Waals surface area contributed by atoms with Crippen LogP contribution in [0.5, 0.6) is 5.75 Å². The number of ketones is 1. The number of piperidine rings is 1. The van der Waals surface area contributed by atoms with Crippen LogP contribution in [0, 0.1) is 46.3 Å². The summed E-state index contributed by atoms with van der Waals surface area (Å²) in [5, 5.41) is 26.6. The number of aliphatic hydroxyl groups is 1. The molecule has 3 amide bonds. The summed E-state index contributed by atoms with van der Waals surface area (Å²) in [6.07, 6.45) is 1.82. The standard InChI is InChI=1S/C55H69ClN6O7S/c1-33(36-10-12-37(13-11-36)47-34(2)58-32-70-47)59-49(66)46-27-41(63)30-62(46)50(67)44(53(3,4)5)26-42(64)31-68-25-22-35-20-23-61(24-21-35)40-17-14-38(15-18-40)48(65)60-51-54(6,7)52(55(51,8)9)69-43-19-16-39(29-57)45(56)28-43/h10-19,28,32-33,35,41,44,46,51-52,63H,20-27,30-31H2,1-9H3,(H,59,66)(H,60,65)/t33-,41+,44+,46-,51-,52-/m0/s1. The van der Waals surface area contributed by atoms with Gasteiger partial charge in [0.15, 0.2) is 5.78 Å². The van der Waals surface area contributed by atoms with E-state index >= 15 is 0 Å². The zero-order valence-corrected chi connectivity index (χ0v) is 43.6. The zero-order valence-electron chi connectivity index (χ0n) is 42.0. The lowest BCUT2D eigenvalue weighted by Crippen LogP contribution is -2.74. The minimum Gasteiger partial charge on any atom is -0.489 e. The van der Waals surface area contributed by atoms with Gasteiger partial charge in [-0.25, -0.2) is 4.98 Å². The Morgan fingerprint density at radius 2 is 1.67 bits per heavy atom. The first-order valence-corrected chi connectivity index (χ1v) is 25.7. The maximum atomic E-state index is 14.2.